The van der Waals surface area contributed by atoms with Crippen molar-refractivity contribution in [3.8, 4) is 0 Å². The molecule has 0 aromatic rings. The summed E-state index contributed by atoms with van der Waals surface area (Å²) in [6.07, 6.45) is -0.0421. The fraction of sp³-hybridized carbons (Fsp3) is 0.750. The molecule has 5 nitrogen and oxygen atoms in total. The van der Waals surface area contributed by atoms with Gasteiger partial charge in [0.15, 0.2) is 0 Å². The molecule has 13 heavy (non-hydrogen) atoms. The van der Waals surface area contributed by atoms with Crippen LogP contribution in [0.25, 0.3) is 0 Å². The smallest absolute Gasteiger partial charge is 0.305 e. The van der Waals surface area contributed by atoms with Crippen LogP contribution in [0, 0.1) is 0 Å². The van der Waals surface area contributed by atoms with Crippen LogP contribution in [-0.2, 0) is 14.3 Å². The summed E-state index contributed by atoms with van der Waals surface area (Å²) in [5, 5.41) is 8.57. The normalized spacial score (nSPS) is 22.8. The highest BCUT2D eigenvalue weighted by Crippen LogP contribution is 2.10. The van der Waals surface area contributed by atoms with Gasteiger partial charge in [-0.25, -0.2) is 0 Å². The van der Waals surface area contributed by atoms with Crippen LogP contribution >= 0.6 is 0 Å². The highest BCUT2D eigenvalue weighted by atomic mass is 16.5. The summed E-state index contributed by atoms with van der Waals surface area (Å²) in [6.45, 7) is 2.76. The fourth-order valence-electron chi connectivity index (χ4n) is 1.44. The number of carboxylic acids is 1. The van der Waals surface area contributed by atoms with E-state index >= 15 is 0 Å². The van der Waals surface area contributed by atoms with Gasteiger partial charge in [0, 0.05) is 13.5 Å². The molecule has 0 bridgehead atoms. The van der Waals surface area contributed by atoms with Crippen molar-refractivity contribution >= 4 is 11.9 Å². The predicted molar refractivity (Wildman–Crippen MR) is 44.2 cm³/mol. The number of morpholine rings is 1. The van der Waals surface area contributed by atoms with E-state index in [0.29, 0.717) is 19.8 Å². The summed E-state index contributed by atoms with van der Waals surface area (Å²) in [5.74, 6) is -0.990. The van der Waals surface area contributed by atoms with Crippen molar-refractivity contribution in [3.05, 3.63) is 0 Å². The van der Waals surface area contributed by atoms with Gasteiger partial charge in [0.25, 0.3) is 0 Å². The maximum Gasteiger partial charge on any atom is 0.305 e. The Labute approximate surface area is 76.3 Å². The first-order chi connectivity index (χ1) is 6.11. The van der Waals surface area contributed by atoms with Crippen LogP contribution in [-0.4, -0.2) is 47.7 Å². The van der Waals surface area contributed by atoms with Crippen molar-refractivity contribution in [1.29, 1.82) is 0 Å². The molecule has 1 fully saturated rings. The van der Waals surface area contributed by atoms with E-state index in [1.54, 1.807) is 4.90 Å². The van der Waals surface area contributed by atoms with E-state index in [9.17, 15) is 9.59 Å². The van der Waals surface area contributed by atoms with Gasteiger partial charge in [-0.05, 0) is 0 Å². The molecule has 74 valence electrons. The Morgan fingerprint density at radius 3 is 2.85 bits per heavy atom. The SMILES string of the molecule is CC(=O)N1CCOC[C@@H]1CC(=O)O. The van der Waals surface area contributed by atoms with Gasteiger partial charge in [0.2, 0.25) is 5.91 Å². The topological polar surface area (TPSA) is 66.8 Å². The summed E-state index contributed by atoms with van der Waals surface area (Å²) in [5.41, 5.74) is 0. The summed E-state index contributed by atoms with van der Waals surface area (Å²) in [4.78, 5) is 23.1. The Morgan fingerprint density at radius 1 is 1.62 bits per heavy atom. The number of ether oxygens (including phenoxy) is 1. The lowest BCUT2D eigenvalue weighted by Gasteiger charge is -2.33. The second-order valence-electron chi connectivity index (χ2n) is 3.04. The first-order valence-electron chi connectivity index (χ1n) is 4.18. The van der Waals surface area contributed by atoms with Crippen LogP contribution in [0.3, 0.4) is 0 Å². The van der Waals surface area contributed by atoms with Crippen LogP contribution in [0.1, 0.15) is 13.3 Å². The third-order valence-electron chi connectivity index (χ3n) is 2.04. The number of hydrogen-bond donors (Lipinski definition) is 1. The molecule has 0 unspecified atom stereocenters. The number of carboxylic acid groups (broad SMARTS) is 1. The molecule has 1 N–H and O–H groups in total. The largest absolute Gasteiger partial charge is 0.481 e. The molecule has 1 aliphatic rings. The van der Waals surface area contributed by atoms with Gasteiger partial charge in [-0.3, -0.25) is 9.59 Å². The van der Waals surface area contributed by atoms with Gasteiger partial charge in [-0.2, -0.15) is 0 Å². The summed E-state index contributed by atoms with van der Waals surface area (Å²) in [6, 6.07) is -0.302. The van der Waals surface area contributed by atoms with E-state index in [4.69, 9.17) is 9.84 Å². The number of carbonyl (C=O) groups is 2. The van der Waals surface area contributed by atoms with E-state index < -0.39 is 5.97 Å². The summed E-state index contributed by atoms with van der Waals surface area (Å²) >= 11 is 0. The van der Waals surface area contributed by atoms with Crippen molar-refractivity contribution in [1.82, 2.24) is 4.90 Å². The average molecular weight is 187 g/mol. The maximum absolute atomic E-state index is 11.1. The second-order valence-corrected chi connectivity index (χ2v) is 3.04. The predicted octanol–water partition coefficient (Wildman–Crippen LogP) is -0.292. The lowest BCUT2D eigenvalue weighted by molar-refractivity contribution is -0.145. The number of rotatable bonds is 2. The zero-order valence-corrected chi connectivity index (χ0v) is 7.52. The fourth-order valence-corrected chi connectivity index (χ4v) is 1.44. The summed E-state index contributed by atoms with van der Waals surface area (Å²) < 4.78 is 5.11. The van der Waals surface area contributed by atoms with Gasteiger partial charge in [0.1, 0.15) is 0 Å². The molecular weight excluding hydrogens is 174 g/mol. The molecule has 1 amide bonds. The van der Waals surface area contributed by atoms with E-state index in [1.165, 1.54) is 6.92 Å². The highest BCUT2D eigenvalue weighted by Gasteiger charge is 2.26. The van der Waals surface area contributed by atoms with Gasteiger partial charge in [-0.15, -0.1) is 0 Å². The van der Waals surface area contributed by atoms with Crippen molar-refractivity contribution in [3.63, 3.8) is 0 Å². The van der Waals surface area contributed by atoms with Crippen LogP contribution in [0.15, 0.2) is 0 Å². The van der Waals surface area contributed by atoms with Gasteiger partial charge in [0.05, 0.1) is 25.7 Å². The van der Waals surface area contributed by atoms with Crippen LogP contribution in [0.4, 0.5) is 0 Å². The average Bonchev–Trinajstić information content (AvgIpc) is 2.03. The number of aliphatic carboxylic acids is 1. The van der Waals surface area contributed by atoms with E-state index in [1.807, 2.05) is 0 Å². The third kappa shape index (κ3) is 2.69. The lowest BCUT2D eigenvalue weighted by Crippen LogP contribution is -2.48. The molecule has 5 heteroatoms. The maximum atomic E-state index is 11.1. The Bertz CT molecular complexity index is 216. The van der Waals surface area contributed by atoms with Gasteiger partial charge < -0.3 is 14.7 Å². The quantitative estimate of drug-likeness (QED) is 0.645. The zero-order chi connectivity index (χ0) is 9.84. The standard InChI is InChI=1S/C8H13NO4/c1-6(10)9-2-3-13-5-7(9)4-8(11)12/h7H,2-5H2,1H3,(H,11,12)/t7-/m0/s1. The molecule has 1 saturated heterocycles. The van der Waals surface area contributed by atoms with Crippen molar-refractivity contribution < 1.29 is 19.4 Å². The van der Waals surface area contributed by atoms with Crippen LogP contribution in [0.5, 0.6) is 0 Å². The first-order valence-corrected chi connectivity index (χ1v) is 4.18. The second kappa shape index (κ2) is 4.23. The Morgan fingerprint density at radius 2 is 2.31 bits per heavy atom. The van der Waals surface area contributed by atoms with Gasteiger partial charge in [-0.1, -0.05) is 0 Å². The molecule has 0 aromatic carbocycles. The monoisotopic (exact) mass is 187 g/mol. The lowest BCUT2D eigenvalue weighted by atomic mass is 10.1. The Hall–Kier alpha value is -1.10. The molecule has 1 rings (SSSR count). The minimum atomic E-state index is -0.901. The molecule has 0 saturated carbocycles. The first kappa shape index (κ1) is 9.98. The molecule has 0 spiro atoms. The van der Waals surface area contributed by atoms with E-state index in [0.717, 1.165) is 0 Å². The molecule has 1 atom stereocenters. The van der Waals surface area contributed by atoms with Crippen molar-refractivity contribution in [2.45, 2.75) is 19.4 Å². The van der Waals surface area contributed by atoms with Crippen molar-refractivity contribution in [2.24, 2.45) is 0 Å². The van der Waals surface area contributed by atoms with Crippen LogP contribution in [0.2, 0.25) is 0 Å². The minimum Gasteiger partial charge on any atom is -0.481 e. The molecule has 1 heterocycles. The zero-order valence-electron chi connectivity index (χ0n) is 7.52. The Kier molecular flexibility index (Phi) is 3.25. The number of carbonyl (C=O) groups excluding carboxylic acids is 1. The molecule has 0 aliphatic carbocycles. The van der Waals surface area contributed by atoms with Crippen molar-refractivity contribution in [2.75, 3.05) is 19.8 Å². The Balaban J connectivity index is 2.56. The minimum absolute atomic E-state index is 0.0421. The molecule has 0 radical (unpaired) electrons. The number of amides is 1. The summed E-state index contributed by atoms with van der Waals surface area (Å²) in [7, 11) is 0. The number of hydrogen-bond acceptors (Lipinski definition) is 3. The molecule has 0 aromatic heterocycles. The molecule has 1 aliphatic heterocycles. The number of nitrogens with zero attached hydrogens (tertiary/aromatic N) is 1. The molecular formula is C8H13NO4. The van der Waals surface area contributed by atoms with Crippen LogP contribution < -0.4 is 0 Å². The van der Waals surface area contributed by atoms with E-state index in [-0.39, 0.29) is 18.4 Å². The van der Waals surface area contributed by atoms with E-state index in [2.05, 4.69) is 0 Å². The van der Waals surface area contributed by atoms with Gasteiger partial charge >= 0.3 is 5.97 Å². The third-order valence-corrected chi connectivity index (χ3v) is 2.04. The highest BCUT2D eigenvalue weighted by molar-refractivity contribution is 5.75.